The van der Waals surface area contributed by atoms with Gasteiger partial charge in [-0.3, -0.25) is 19.8 Å². The van der Waals surface area contributed by atoms with Crippen LogP contribution in [0, 0.1) is 10.1 Å². The van der Waals surface area contributed by atoms with Gasteiger partial charge in [-0.25, -0.2) is 0 Å². The van der Waals surface area contributed by atoms with Crippen molar-refractivity contribution in [2.75, 3.05) is 19.6 Å². The number of aromatic amines is 1. The Labute approximate surface area is 104 Å². The summed E-state index contributed by atoms with van der Waals surface area (Å²) in [7, 11) is 0. The number of nitrogens with zero attached hydrogens (tertiary/aromatic N) is 2. The van der Waals surface area contributed by atoms with Gasteiger partial charge < -0.3 is 10.1 Å². The number of piperidine rings is 1. The van der Waals surface area contributed by atoms with E-state index in [9.17, 15) is 20.0 Å². The van der Waals surface area contributed by atoms with E-state index in [2.05, 4.69) is 4.98 Å². The number of likely N-dealkylation sites (tertiary alicyclic amines) is 1. The van der Waals surface area contributed by atoms with Crippen LogP contribution in [0.1, 0.15) is 23.3 Å². The number of hydrogen-bond donors (Lipinski definition) is 2. The SMILES string of the molecule is O=C(CN1CCC(O)CC1)c1cc([N+](=O)[O-])c[nH]1. The van der Waals surface area contributed by atoms with Crippen LogP contribution in [0.15, 0.2) is 12.3 Å². The van der Waals surface area contributed by atoms with E-state index in [1.54, 1.807) is 0 Å². The molecule has 2 rings (SSSR count). The Kier molecular flexibility index (Phi) is 3.73. The van der Waals surface area contributed by atoms with E-state index in [1.807, 2.05) is 4.90 Å². The van der Waals surface area contributed by atoms with Crippen molar-refractivity contribution in [2.45, 2.75) is 18.9 Å². The van der Waals surface area contributed by atoms with Crippen molar-refractivity contribution in [1.82, 2.24) is 9.88 Å². The Morgan fingerprint density at radius 2 is 2.22 bits per heavy atom. The van der Waals surface area contributed by atoms with Crippen molar-refractivity contribution in [3.63, 3.8) is 0 Å². The van der Waals surface area contributed by atoms with Gasteiger partial charge >= 0.3 is 0 Å². The summed E-state index contributed by atoms with van der Waals surface area (Å²) < 4.78 is 0. The average molecular weight is 253 g/mol. The van der Waals surface area contributed by atoms with Gasteiger partial charge in [-0.1, -0.05) is 0 Å². The van der Waals surface area contributed by atoms with Crippen LogP contribution >= 0.6 is 0 Å². The smallest absolute Gasteiger partial charge is 0.287 e. The summed E-state index contributed by atoms with van der Waals surface area (Å²) in [6.45, 7) is 1.58. The van der Waals surface area contributed by atoms with E-state index in [4.69, 9.17) is 0 Å². The van der Waals surface area contributed by atoms with E-state index in [-0.39, 0.29) is 29.8 Å². The van der Waals surface area contributed by atoms with E-state index in [1.165, 1.54) is 12.3 Å². The molecule has 7 nitrogen and oxygen atoms in total. The molecule has 0 aliphatic carbocycles. The molecule has 0 amide bonds. The van der Waals surface area contributed by atoms with Gasteiger partial charge in [0.05, 0.1) is 29.5 Å². The number of H-pyrrole nitrogens is 1. The van der Waals surface area contributed by atoms with E-state index in [0.717, 1.165) is 0 Å². The zero-order valence-electron chi connectivity index (χ0n) is 9.83. The molecule has 1 aromatic heterocycles. The highest BCUT2D eigenvalue weighted by molar-refractivity contribution is 5.96. The zero-order valence-corrected chi connectivity index (χ0v) is 9.83. The fourth-order valence-electron chi connectivity index (χ4n) is 2.02. The minimum atomic E-state index is -0.537. The maximum Gasteiger partial charge on any atom is 0.287 e. The molecule has 18 heavy (non-hydrogen) atoms. The molecule has 2 heterocycles. The van der Waals surface area contributed by atoms with Gasteiger partial charge in [0, 0.05) is 19.2 Å². The third-order valence-corrected chi connectivity index (χ3v) is 3.10. The summed E-state index contributed by atoms with van der Waals surface area (Å²) >= 11 is 0. The quantitative estimate of drug-likeness (QED) is 0.464. The highest BCUT2D eigenvalue weighted by Gasteiger charge is 2.21. The van der Waals surface area contributed by atoms with Gasteiger partial charge in [-0.2, -0.15) is 0 Å². The minimum Gasteiger partial charge on any atom is -0.393 e. The van der Waals surface area contributed by atoms with Crippen molar-refractivity contribution in [1.29, 1.82) is 0 Å². The number of aliphatic hydroxyl groups is 1. The van der Waals surface area contributed by atoms with E-state index < -0.39 is 4.92 Å². The molecule has 0 saturated carbocycles. The second-order valence-corrected chi connectivity index (χ2v) is 4.46. The number of nitrogens with one attached hydrogen (secondary N) is 1. The van der Waals surface area contributed by atoms with Crippen LogP contribution in [0.25, 0.3) is 0 Å². The van der Waals surface area contributed by atoms with Crippen LogP contribution in [-0.2, 0) is 0 Å². The van der Waals surface area contributed by atoms with Gasteiger partial charge in [0.25, 0.3) is 5.69 Å². The number of ketones is 1. The first kappa shape index (κ1) is 12.7. The van der Waals surface area contributed by atoms with Crippen LogP contribution in [0.2, 0.25) is 0 Å². The molecular weight excluding hydrogens is 238 g/mol. The van der Waals surface area contributed by atoms with Crippen LogP contribution in [-0.4, -0.2) is 51.4 Å². The number of Topliss-reactive ketones (excluding diaryl/α,β-unsaturated/α-hetero) is 1. The first-order chi connectivity index (χ1) is 8.56. The lowest BCUT2D eigenvalue weighted by molar-refractivity contribution is -0.384. The highest BCUT2D eigenvalue weighted by atomic mass is 16.6. The Balaban J connectivity index is 1.93. The Hall–Kier alpha value is -1.73. The van der Waals surface area contributed by atoms with Gasteiger partial charge in [0.1, 0.15) is 0 Å². The molecule has 1 aromatic rings. The Bertz CT molecular complexity index is 449. The molecule has 0 unspecified atom stereocenters. The molecule has 2 N–H and O–H groups in total. The second kappa shape index (κ2) is 5.28. The number of aromatic nitrogens is 1. The van der Waals surface area contributed by atoms with Crippen LogP contribution < -0.4 is 0 Å². The molecule has 1 fully saturated rings. The van der Waals surface area contributed by atoms with Gasteiger partial charge in [-0.15, -0.1) is 0 Å². The lowest BCUT2D eigenvalue weighted by atomic mass is 10.1. The molecule has 0 spiro atoms. The molecule has 1 aliphatic heterocycles. The summed E-state index contributed by atoms with van der Waals surface area (Å²) in [4.78, 5) is 26.4. The van der Waals surface area contributed by atoms with E-state index in [0.29, 0.717) is 25.9 Å². The summed E-state index contributed by atoms with van der Waals surface area (Å²) in [5, 5.41) is 19.8. The largest absolute Gasteiger partial charge is 0.393 e. The number of aliphatic hydroxyl groups excluding tert-OH is 1. The van der Waals surface area contributed by atoms with Crippen LogP contribution in [0.3, 0.4) is 0 Å². The monoisotopic (exact) mass is 253 g/mol. The summed E-state index contributed by atoms with van der Waals surface area (Å²) in [5.41, 5.74) is 0.153. The molecule has 1 aliphatic rings. The Morgan fingerprint density at radius 1 is 1.56 bits per heavy atom. The fourth-order valence-corrected chi connectivity index (χ4v) is 2.02. The first-order valence-corrected chi connectivity index (χ1v) is 5.82. The predicted octanol–water partition coefficient (Wildman–Crippen LogP) is 0.562. The maximum absolute atomic E-state index is 11.9. The van der Waals surface area contributed by atoms with Gasteiger partial charge in [0.15, 0.2) is 5.78 Å². The molecule has 0 radical (unpaired) electrons. The number of hydrogen-bond acceptors (Lipinski definition) is 5. The lowest BCUT2D eigenvalue weighted by Gasteiger charge is -2.28. The van der Waals surface area contributed by atoms with Crippen molar-refractivity contribution < 1.29 is 14.8 Å². The molecule has 0 aromatic carbocycles. The predicted molar refractivity (Wildman–Crippen MR) is 63.5 cm³/mol. The fraction of sp³-hybridized carbons (Fsp3) is 0.545. The minimum absolute atomic E-state index is 0.104. The van der Waals surface area contributed by atoms with Crippen molar-refractivity contribution >= 4 is 11.5 Å². The van der Waals surface area contributed by atoms with Crippen LogP contribution in [0.4, 0.5) is 5.69 Å². The summed E-state index contributed by atoms with van der Waals surface area (Å²) in [5.74, 6) is -0.167. The Morgan fingerprint density at radius 3 is 2.78 bits per heavy atom. The molecule has 1 saturated heterocycles. The average Bonchev–Trinajstić information content (AvgIpc) is 2.81. The molecule has 7 heteroatoms. The third kappa shape index (κ3) is 2.93. The molecule has 0 bridgehead atoms. The standard InChI is InChI=1S/C11H15N3O4/c15-9-1-3-13(4-2-9)7-11(16)10-5-8(6-12-10)14(17)18/h5-6,9,12,15H,1-4,7H2. The zero-order chi connectivity index (χ0) is 13.1. The van der Waals surface area contributed by atoms with Crippen LogP contribution in [0.5, 0.6) is 0 Å². The first-order valence-electron chi connectivity index (χ1n) is 5.82. The highest BCUT2D eigenvalue weighted by Crippen LogP contribution is 2.14. The molecule has 98 valence electrons. The number of carbonyl (C=O) groups is 1. The molecule has 0 atom stereocenters. The summed E-state index contributed by atoms with van der Waals surface area (Å²) in [6.07, 6.45) is 2.27. The van der Waals surface area contributed by atoms with E-state index >= 15 is 0 Å². The molecular formula is C11H15N3O4. The second-order valence-electron chi connectivity index (χ2n) is 4.46. The van der Waals surface area contributed by atoms with Crippen molar-refractivity contribution in [3.8, 4) is 0 Å². The number of carbonyl (C=O) groups excluding carboxylic acids is 1. The van der Waals surface area contributed by atoms with Crippen molar-refractivity contribution in [2.24, 2.45) is 0 Å². The maximum atomic E-state index is 11.9. The lowest BCUT2D eigenvalue weighted by Crippen LogP contribution is -2.39. The van der Waals surface area contributed by atoms with Gasteiger partial charge in [0.2, 0.25) is 0 Å². The van der Waals surface area contributed by atoms with Crippen molar-refractivity contribution in [3.05, 3.63) is 28.1 Å². The topological polar surface area (TPSA) is 99.5 Å². The number of nitro groups is 1. The van der Waals surface area contributed by atoms with Gasteiger partial charge in [-0.05, 0) is 12.8 Å². The third-order valence-electron chi connectivity index (χ3n) is 3.10. The number of rotatable bonds is 4. The normalized spacial score (nSPS) is 17.8. The summed E-state index contributed by atoms with van der Waals surface area (Å²) in [6, 6.07) is 1.25.